The van der Waals surface area contributed by atoms with Gasteiger partial charge in [-0.15, -0.1) is 0 Å². The molecule has 2 rings (SSSR count). The number of amides is 1. The van der Waals surface area contributed by atoms with Gasteiger partial charge in [0.05, 0.1) is 12.4 Å². The maximum absolute atomic E-state index is 12.1. The smallest absolute Gasteiger partial charge is 0.237 e. The van der Waals surface area contributed by atoms with E-state index in [2.05, 4.69) is 42.1 Å². The Morgan fingerprint density at radius 3 is 2.73 bits per heavy atom. The second-order valence-corrected chi connectivity index (χ2v) is 6.51. The highest BCUT2D eigenvalue weighted by atomic mass is 16.2. The summed E-state index contributed by atoms with van der Waals surface area (Å²) >= 11 is 0. The molecule has 5 heteroatoms. The minimum Gasteiger partial charge on any atom is -0.351 e. The van der Waals surface area contributed by atoms with Gasteiger partial charge in [0.25, 0.3) is 0 Å². The molecule has 0 saturated heterocycles. The first kappa shape index (κ1) is 16.2. The lowest BCUT2D eigenvalue weighted by atomic mass is 9.84. The van der Waals surface area contributed by atoms with Crippen molar-refractivity contribution in [3.05, 3.63) is 53.6 Å². The molecule has 1 atom stereocenters. The summed E-state index contributed by atoms with van der Waals surface area (Å²) in [5.41, 5.74) is 9.19. The van der Waals surface area contributed by atoms with Gasteiger partial charge < -0.3 is 16.0 Å². The molecule has 0 radical (unpaired) electrons. The van der Waals surface area contributed by atoms with Gasteiger partial charge in [-0.1, -0.05) is 45.0 Å². The lowest BCUT2D eigenvalue weighted by molar-refractivity contribution is -0.122. The lowest BCUT2D eigenvalue weighted by Gasteiger charge is -2.23. The van der Waals surface area contributed by atoms with Crippen molar-refractivity contribution in [3.8, 4) is 0 Å². The van der Waals surface area contributed by atoms with Gasteiger partial charge in [0, 0.05) is 24.9 Å². The molecule has 22 heavy (non-hydrogen) atoms. The van der Waals surface area contributed by atoms with E-state index in [9.17, 15) is 4.79 Å². The molecule has 0 fully saturated rings. The van der Waals surface area contributed by atoms with Crippen molar-refractivity contribution in [2.75, 3.05) is 0 Å². The van der Waals surface area contributed by atoms with Crippen molar-refractivity contribution in [1.29, 1.82) is 0 Å². The number of rotatable bonds is 5. The normalized spacial score (nSPS) is 12.9. The number of aromatic nitrogens is 2. The van der Waals surface area contributed by atoms with E-state index in [0.29, 0.717) is 13.0 Å². The minimum absolute atomic E-state index is 0.0410. The van der Waals surface area contributed by atoms with E-state index in [4.69, 9.17) is 5.73 Å². The monoisotopic (exact) mass is 300 g/mol. The van der Waals surface area contributed by atoms with Crippen molar-refractivity contribution in [1.82, 2.24) is 15.3 Å². The maximum Gasteiger partial charge on any atom is 0.237 e. The average Bonchev–Trinajstić information content (AvgIpc) is 2.97. The summed E-state index contributed by atoms with van der Waals surface area (Å²) in [6, 6.07) is 7.58. The average molecular weight is 300 g/mol. The minimum atomic E-state index is -0.581. The number of carbonyl (C=O) groups is 1. The van der Waals surface area contributed by atoms with E-state index in [1.54, 1.807) is 12.5 Å². The number of aromatic amines is 1. The van der Waals surface area contributed by atoms with Gasteiger partial charge >= 0.3 is 0 Å². The van der Waals surface area contributed by atoms with Crippen LogP contribution in [0.2, 0.25) is 0 Å². The third kappa shape index (κ3) is 4.18. The standard InChI is InChI=1S/C17H24N4O/c1-17(2,3)14-7-5-4-6-12(14)9-20-16(22)15(18)8-13-10-19-11-21-13/h4-7,10-11,15H,8-9,18H2,1-3H3,(H,19,21)(H,20,22)/t15-/m1/s1. The van der Waals surface area contributed by atoms with Crippen LogP contribution in [0.4, 0.5) is 0 Å². The molecule has 2 aromatic rings. The van der Waals surface area contributed by atoms with E-state index >= 15 is 0 Å². The zero-order valence-electron chi connectivity index (χ0n) is 13.4. The highest BCUT2D eigenvalue weighted by Crippen LogP contribution is 2.25. The number of H-pyrrole nitrogens is 1. The van der Waals surface area contributed by atoms with Gasteiger partial charge in [0.15, 0.2) is 0 Å². The first-order chi connectivity index (χ1) is 10.4. The van der Waals surface area contributed by atoms with Crippen LogP contribution in [-0.2, 0) is 23.2 Å². The third-order valence-electron chi connectivity index (χ3n) is 3.61. The van der Waals surface area contributed by atoms with E-state index in [-0.39, 0.29) is 11.3 Å². The molecular formula is C17H24N4O. The summed E-state index contributed by atoms with van der Waals surface area (Å²) in [6.45, 7) is 6.98. The summed E-state index contributed by atoms with van der Waals surface area (Å²) in [7, 11) is 0. The molecule has 0 spiro atoms. The molecule has 0 bridgehead atoms. The molecule has 5 nitrogen and oxygen atoms in total. The summed E-state index contributed by atoms with van der Waals surface area (Å²) < 4.78 is 0. The molecule has 118 valence electrons. The number of nitrogens with one attached hydrogen (secondary N) is 2. The first-order valence-corrected chi connectivity index (χ1v) is 7.47. The Kier molecular flexibility index (Phi) is 4.98. The molecule has 1 aromatic heterocycles. The molecule has 0 saturated carbocycles. The van der Waals surface area contributed by atoms with Crippen LogP contribution in [0.25, 0.3) is 0 Å². The number of hydrogen-bond donors (Lipinski definition) is 3. The Morgan fingerprint density at radius 2 is 2.09 bits per heavy atom. The second-order valence-electron chi connectivity index (χ2n) is 6.51. The Bertz CT molecular complexity index is 614. The van der Waals surface area contributed by atoms with Crippen LogP contribution in [0.3, 0.4) is 0 Å². The molecule has 1 amide bonds. The van der Waals surface area contributed by atoms with E-state index in [0.717, 1.165) is 11.3 Å². The molecule has 0 aliphatic rings. The number of benzene rings is 1. The van der Waals surface area contributed by atoms with Gasteiger partial charge in [-0.2, -0.15) is 0 Å². The SMILES string of the molecule is CC(C)(C)c1ccccc1CNC(=O)[C@H](N)Cc1cnc[nH]1. The number of nitrogens with zero attached hydrogens (tertiary/aromatic N) is 1. The number of nitrogens with two attached hydrogens (primary N) is 1. The van der Waals surface area contributed by atoms with E-state index in [1.165, 1.54) is 5.56 Å². The predicted molar refractivity (Wildman–Crippen MR) is 87.3 cm³/mol. The fourth-order valence-corrected chi connectivity index (χ4v) is 2.45. The zero-order chi connectivity index (χ0) is 16.2. The molecular weight excluding hydrogens is 276 g/mol. The van der Waals surface area contributed by atoms with Crippen LogP contribution in [0.15, 0.2) is 36.8 Å². The van der Waals surface area contributed by atoms with Crippen LogP contribution < -0.4 is 11.1 Å². The van der Waals surface area contributed by atoms with Crippen molar-refractivity contribution >= 4 is 5.91 Å². The Hall–Kier alpha value is -2.14. The fourth-order valence-electron chi connectivity index (χ4n) is 2.45. The Balaban J connectivity index is 1.97. The number of hydrogen-bond acceptors (Lipinski definition) is 3. The Labute approximate surface area is 131 Å². The predicted octanol–water partition coefficient (Wildman–Crippen LogP) is 1.89. The van der Waals surface area contributed by atoms with Gasteiger partial charge in [-0.05, 0) is 16.5 Å². The van der Waals surface area contributed by atoms with Crippen LogP contribution in [0.1, 0.15) is 37.6 Å². The largest absolute Gasteiger partial charge is 0.351 e. The topological polar surface area (TPSA) is 83.8 Å². The Morgan fingerprint density at radius 1 is 1.36 bits per heavy atom. The molecule has 4 N–H and O–H groups in total. The van der Waals surface area contributed by atoms with Gasteiger partial charge in [-0.3, -0.25) is 4.79 Å². The molecule has 0 unspecified atom stereocenters. The number of carbonyl (C=O) groups excluding carboxylic acids is 1. The molecule has 0 aliphatic heterocycles. The van der Waals surface area contributed by atoms with Gasteiger partial charge in [-0.25, -0.2) is 4.98 Å². The van der Waals surface area contributed by atoms with Gasteiger partial charge in [0.2, 0.25) is 5.91 Å². The zero-order valence-corrected chi connectivity index (χ0v) is 13.4. The molecule has 0 aliphatic carbocycles. The van der Waals surface area contributed by atoms with Crippen molar-refractivity contribution in [3.63, 3.8) is 0 Å². The van der Waals surface area contributed by atoms with Crippen LogP contribution in [0, 0.1) is 0 Å². The summed E-state index contributed by atoms with van der Waals surface area (Å²) in [4.78, 5) is 19.0. The van der Waals surface area contributed by atoms with E-state index in [1.807, 2.05) is 18.2 Å². The van der Waals surface area contributed by atoms with Crippen LogP contribution in [-0.4, -0.2) is 21.9 Å². The summed E-state index contributed by atoms with van der Waals surface area (Å²) in [5.74, 6) is -0.154. The summed E-state index contributed by atoms with van der Waals surface area (Å²) in [6.07, 6.45) is 3.72. The fraction of sp³-hybridized carbons (Fsp3) is 0.412. The molecule has 1 heterocycles. The maximum atomic E-state index is 12.1. The van der Waals surface area contributed by atoms with Crippen molar-refractivity contribution in [2.45, 2.75) is 45.2 Å². The van der Waals surface area contributed by atoms with Crippen LogP contribution >= 0.6 is 0 Å². The first-order valence-electron chi connectivity index (χ1n) is 7.47. The quantitative estimate of drug-likeness (QED) is 0.788. The lowest BCUT2D eigenvalue weighted by Crippen LogP contribution is -2.42. The van der Waals surface area contributed by atoms with Crippen LogP contribution in [0.5, 0.6) is 0 Å². The van der Waals surface area contributed by atoms with Gasteiger partial charge in [0.1, 0.15) is 0 Å². The van der Waals surface area contributed by atoms with E-state index < -0.39 is 6.04 Å². The van der Waals surface area contributed by atoms with Crippen molar-refractivity contribution < 1.29 is 4.79 Å². The second kappa shape index (κ2) is 6.75. The van der Waals surface area contributed by atoms with Crippen molar-refractivity contribution in [2.24, 2.45) is 5.73 Å². The highest BCUT2D eigenvalue weighted by molar-refractivity contribution is 5.81. The third-order valence-corrected chi connectivity index (χ3v) is 3.61. The highest BCUT2D eigenvalue weighted by Gasteiger charge is 2.19. The molecule has 1 aromatic carbocycles. The number of imidazole rings is 1. The summed E-state index contributed by atoms with van der Waals surface area (Å²) in [5, 5.41) is 2.93.